The number of hydrogen-bond donors (Lipinski definition) is 1. The zero-order chi connectivity index (χ0) is 21.1. The lowest BCUT2D eigenvalue weighted by Gasteiger charge is -2.37. The first-order valence-corrected chi connectivity index (χ1v) is 10.0. The SMILES string of the molecule is COc1ccccc1N1CCN(C(=O)N[C@@H]2CC(=O)N(c3cccc(F)c3)C2)CC1. The lowest BCUT2D eigenvalue weighted by molar-refractivity contribution is -0.117. The third-order valence-electron chi connectivity index (χ3n) is 5.57. The number of piperazine rings is 1. The molecule has 0 spiro atoms. The van der Waals surface area contributed by atoms with Gasteiger partial charge in [0.05, 0.1) is 18.8 Å². The number of nitrogens with one attached hydrogen (secondary N) is 1. The van der Waals surface area contributed by atoms with E-state index in [0.29, 0.717) is 38.4 Å². The summed E-state index contributed by atoms with van der Waals surface area (Å²) in [5, 5.41) is 2.96. The average molecular weight is 412 g/mol. The fourth-order valence-electron chi connectivity index (χ4n) is 4.01. The molecule has 1 N–H and O–H groups in total. The third-order valence-corrected chi connectivity index (χ3v) is 5.57. The quantitative estimate of drug-likeness (QED) is 0.838. The second-order valence-electron chi connectivity index (χ2n) is 7.48. The minimum atomic E-state index is -0.388. The Morgan fingerprint density at radius 2 is 1.87 bits per heavy atom. The summed E-state index contributed by atoms with van der Waals surface area (Å²) in [7, 11) is 1.65. The Labute approximate surface area is 175 Å². The Morgan fingerprint density at radius 1 is 1.10 bits per heavy atom. The van der Waals surface area contributed by atoms with Gasteiger partial charge in [-0.1, -0.05) is 18.2 Å². The standard InChI is InChI=1S/C22H25FN4O3/c1-30-20-8-3-2-7-19(20)25-9-11-26(12-10-25)22(29)24-17-14-21(28)27(15-17)18-6-4-5-16(23)13-18/h2-8,13,17H,9-12,14-15H2,1H3,(H,24,29)/t17-/m1/s1. The summed E-state index contributed by atoms with van der Waals surface area (Å²) in [5.74, 6) is 0.310. The maximum Gasteiger partial charge on any atom is 0.317 e. The van der Waals surface area contributed by atoms with Crippen molar-refractivity contribution in [3.8, 4) is 5.75 Å². The molecular weight excluding hydrogens is 387 g/mol. The molecule has 4 rings (SSSR count). The molecule has 0 saturated carbocycles. The lowest BCUT2D eigenvalue weighted by Crippen LogP contribution is -2.54. The summed E-state index contributed by atoms with van der Waals surface area (Å²) >= 11 is 0. The van der Waals surface area contributed by atoms with Crippen LogP contribution in [0, 0.1) is 5.82 Å². The van der Waals surface area contributed by atoms with Crippen molar-refractivity contribution in [3.63, 3.8) is 0 Å². The molecule has 8 heteroatoms. The number of urea groups is 1. The molecule has 0 radical (unpaired) electrons. The minimum absolute atomic E-state index is 0.119. The number of carbonyl (C=O) groups is 2. The summed E-state index contributed by atoms with van der Waals surface area (Å²) in [4.78, 5) is 30.5. The number of benzene rings is 2. The molecule has 1 atom stereocenters. The first kappa shape index (κ1) is 20.0. The minimum Gasteiger partial charge on any atom is -0.495 e. The highest BCUT2D eigenvalue weighted by atomic mass is 19.1. The number of para-hydroxylation sites is 2. The Morgan fingerprint density at radius 3 is 2.60 bits per heavy atom. The van der Waals surface area contributed by atoms with E-state index in [-0.39, 0.29) is 30.2 Å². The van der Waals surface area contributed by atoms with E-state index in [1.54, 1.807) is 24.1 Å². The van der Waals surface area contributed by atoms with Gasteiger partial charge in [-0.2, -0.15) is 0 Å². The van der Waals surface area contributed by atoms with Gasteiger partial charge in [-0.3, -0.25) is 4.79 Å². The number of ether oxygens (including phenoxy) is 1. The highest BCUT2D eigenvalue weighted by molar-refractivity contribution is 5.96. The van der Waals surface area contributed by atoms with E-state index in [4.69, 9.17) is 4.74 Å². The summed E-state index contributed by atoms with van der Waals surface area (Å²) in [6.45, 7) is 2.91. The van der Waals surface area contributed by atoms with E-state index in [0.717, 1.165) is 11.4 Å². The molecule has 2 aromatic rings. The molecule has 0 aromatic heterocycles. The number of rotatable bonds is 4. The summed E-state index contributed by atoms with van der Waals surface area (Å²) < 4.78 is 18.9. The largest absolute Gasteiger partial charge is 0.495 e. The van der Waals surface area contributed by atoms with Crippen molar-refractivity contribution in [1.82, 2.24) is 10.2 Å². The topological polar surface area (TPSA) is 65.1 Å². The molecule has 2 heterocycles. The van der Waals surface area contributed by atoms with Crippen LogP contribution in [0.3, 0.4) is 0 Å². The van der Waals surface area contributed by atoms with Gasteiger partial charge in [0.15, 0.2) is 0 Å². The zero-order valence-electron chi connectivity index (χ0n) is 16.9. The number of hydrogen-bond acceptors (Lipinski definition) is 4. The summed E-state index contributed by atoms with van der Waals surface area (Å²) in [6.07, 6.45) is 0.212. The predicted octanol–water partition coefficient (Wildman–Crippen LogP) is 2.47. The molecule has 2 aromatic carbocycles. The summed E-state index contributed by atoms with van der Waals surface area (Å²) in [5.41, 5.74) is 1.54. The fraction of sp³-hybridized carbons (Fsp3) is 0.364. The van der Waals surface area contributed by atoms with E-state index < -0.39 is 0 Å². The Balaban J connectivity index is 1.32. The van der Waals surface area contributed by atoms with Gasteiger partial charge in [-0.05, 0) is 30.3 Å². The maximum absolute atomic E-state index is 13.5. The van der Waals surface area contributed by atoms with Crippen molar-refractivity contribution in [3.05, 3.63) is 54.3 Å². The van der Waals surface area contributed by atoms with Crippen molar-refractivity contribution < 1.29 is 18.7 Å². The fourth-order valence-corrected chi connectivity index (χ4v) is 4.01. The van der Waals surface area contributed by atoms with E-state index in [1.165, 1.54) is 17.0 Å². The van der Waals surface area contributed by atoms with E-state index in [1.807, 2.05) is 24.3 Å². The van der Waals surface area contributed by atoms with Crippen LogP contribution in [0.15, 0.2) is 48.5 Å². The van der Waals surface area contributed by atoms with Crippen LogP contribution in [0.4, 0.5) is 20.6 Å². The van der Waals surface area contributed by atoms with Gasteiger partial charge in [-0.25, -0.2) is 9.18 Å². The second kappa shape index (κ2) is 8.61. The number of methoxy groups -OCH3 is 1. The number of halogens is 1. The monoisotopic (exact) mass is 412 g/mol. The first-order valence-electron chi connectivity index (χ1n) is 10.0. The molecule has 2 fully saturated rings. The van der Waals surface area contributed by atoms with E-state index >= 15 is 0 Å². The van der Waals surface area contributed by atoms with Crippen molar-refractivity contribution >= 4 is 23.3 Å². The van der Waals surface area contributed by atoms with Crippen LogP contribution in [0.25, 0.3) is 0 Å². The van der Waals surface area contributed by atoms with E-state index in [2.05, 4.69) is 10.2 Å². The van der Waals surface area contributed by atoms with Crippen LogP contribution in [0.5, 0.6) is 5.75 Å². The number of carbonyl (C=O) groups excluding carboxylic acids is 2. The van der Waals surface area contributed by atoms with Gasteiger partial charge in [0.2, 0.25) is 5.91 Å². The predicted molar refractivity (Wildman–Crippen MR) is 112 cm³/mol. The van der Waals surface area contributed by atoms with Crippen LogP contribution in [-0.2, 0) is 4.79 Å². The van der Waals surface area contributed by atoms with Crippen LogP contribution >= 0.6 is 0 Å². The van der Waals surface area contributed by atoms with Crippen LogP contribution < -0.4 is 19.9 Å². The molecule has 30 heavy (non-hydrogen) atoms. The number of amides is 3. The molecule has 0 bridgehead atoms. The third kappa shape index (κ3) is 4.17. The number of nitrogens with zero attached hydrogens (tertiary/aromatic N) is 3. The smallest absolute Gasteiger partial charge is 0.317 e. The first-order chi connectivity index (χ1) is 14.5. The zero-order valence-corrected chi connectivity index (χ0v) is 16.9. The molecule has 7 nitrogen and oxygen atoms in total. The van der Waals surface area contributed by atoms with Gasteiger partial charge in [0.1, 0.15) is 11.6 Å². The molecule has 3 amide bonds. The van der Waals surface area contributed by atoms with Crippen LogP contribution in [0.1, 0.15) is 6.42 Å². The van der Waals surface area contributed by atoms with Crippen LogP contribution in [0.2, 0.25) is 0 Å². The van der Waals surface area contributed by atoms with Crippen molar-refractivity contribution in [2.75, 3.05) is 49.6 Å². The Bertz CT molecular complexity index is 930. The average Bonchev–Trinajstić information content (AvgIpc) is 3.13. The van der Waals surface area contributed by atoms with Gasteiger partial charge >= 0.3 is 6.03 Å². The molecule has 2 saturated heterocycles. The lowest BCUT2D eigenvalue weighted by atomic mass is 10.2. The Hall–Kier alpha value is -3.29. The van der Waals surface area contributed by atoms with Crippen LogP contribution in [-0.4, -0.2) is 62.7 Å². The van der Waals surface area contributed by atoms with Crippen molar-refractivity contribution in [2.24, 2.45) is 0 Å². The van der Waals surface area contributed by atoms with Gasteiger partial charge in [-0.15, -0.1) is 0 Å². The number of anilines is 2. The van der Waals surface area contributed by atoms with Crippen molar-refractivity contribution in [1.29, 1.82) is 0 Å². The normalized spacial score (nSPS) is 19.2. The highest BCUT2D eigenvalue weighted by Gasteiger charge is 2.33. The van der Waals surface area contributed by atoms with Crippen molar-refractivity contribution in [2.45, 2.75) is 12.5 Å². The molecule has 0 unspecified atom stereocenters. The highest BCUT2D eigenvalue weighted by Crippen LogP contribution is 2.28. The van der Waals surface area contributed by atoms with Gasteiger partial charge in [0.25, 0.3) is 0 Å². The van der Waals surface area contributed by atoms with Gasteiger partial charge < -0.3 is 24.8 Å². The maximum atomic E-state index is 13.5. The summed E-state index contributed by atoms with van der Waals surface area (Å²) in [6, 6.07) is 13.3. The molecule has 158 valence electrons. The molecule has 2 aliphatic rings. The second-order valence-corrected chi connectivity index (χ2v) is 7.48. The molecular formula is C22H25FN4O3. The Kier molecular flexibility index (Phi) is 5.74. The van der Waals surface area contributed by atoms with E-state index in [9.17, 15) is 14.0 Å². The molecule has 0 aliphatic carbocycles. The van der Waals surface area contributed by atoms with Gasteiger partial charge in [0, 0.05) is 44.8 Å². The molecule has 2 aliphatic heterocycles.